The molecular formula is C20H16AcClN2O4S-. The summed E-state index contributed by atoms with van der Waals surface area (Å²) in [6.07, 6.45) is 0. The minimum Gasteiger partial charge on any atom is -0.560 e. The average Bonchev–Trinajstić information content (AvgIpc) is 2.67. The maximum Gasteiger partial charge on any atom is 0.255 e. The van der Waals surface area contributed by atoms with Crippen LogP contribution >= 0.6 is 11.6 Å². The molecule has 6 nitrogen and oxygen atoms in total. The molecule has 0 fully saturated rings. The molecule has 0 aliphatic heterocycles. The SMILES string of the molecule is [Ac].[NH-]S(=O)(=O)c1ccccc1NC(=O)c1cccc(OCc2ccc(Cl)cc2)c1. The smallest absolute Gasteiger partial charge is 0.255 e. The molecule has 1 radical (unpaired) electrons. The predicted molar refractivity (Wildman–Crippen MR) is 108 cm³/mol. The molecule has 1 amide bonds. The van der Waals surface area contributed by atoms with Crippen LogP contribution in [0, 0.1) is 44.1 Å². The standard InChI is InChI=1S/C20H17ClN2O4S.Ac/c21-16-10-8-14(9-11-16)13-27-17-5-3-4-15(12-17)20(24)23-18-6-1-2-7-19(18)28(22,25)26;/h1-12H,13H2,(H3,22,23,24,25,26);/p-1. The summed E-state index contributed by atoms with van der Waals surface area (Å²) in [4.78, 5) is 12.3. The van der Waals surface area contributed by atoms with Crippen LogP contribution in [0.4, 0.5) is 5.69 Å². The van der Waals surface area contributed by atoms with Gasteiger partial charge in [-0.05, 0) is 48.0 Å². The number of ether oxygens (including phenoxy) is 1. The van der Waals surface area contributed by atoms with Crippen molar-refractivity contribution in [3.8, 4) is 5.75 Å². The van der Waals surface area contributed by atoms with Crippen LogP contribution in [0.15, 0.2) is 77.7 Å². The second kappa shape index (κ2) is 10.6. The zero-order valence-electron chi connectivity index (χ0n) is 15.1. The average molecular weight is 643 g/mol. The fourth-order valence-electron chi connectivity index (χ4n) is 2.47. The van der Waals surface area contributed by atoms with Gasteiger partial charge in [0.2, 0.25) is 0 Å². The Balaban J connectivity index is 0.00000300. The second-order valence-electron chi connectivity index (χ2n) is 5.90. The molecule has 0 saturated carbocycles. The van der Waals surface area contributed by atoms with Gasteiger partial charge in [0.25, 0.3) is 5.91 Å². The van der Waals surface area contributed by atoms with Crippen LogP contribution in [0.25, 0.3) is 5.14 Å². The second-order valence-corrected chi connectivity index (χ2v) is 7.78. The molecule has 0 aliphatic rings. The first-order valence-corrected chi connectivity index (χ1v) is 10.1. The fraction of sp³-hybridized carbons (Fsp3) is 0.0500. The van der Waals surface area contributed by atoms with Gasteiger partial charge in [-0.2, -0.15) is 0 Å². The monoisotopic (exact) mass is 642 g/mol. The molecule has 0 heterocycles. The van der Waals surface area contributed by atoms with E-state index >= 15 is 0 Å². The van der Waals surface area contributed by atoms with Gasteiger partial charge in [0.05, 0.1) is 10.6 Å². The van der Waals surface area contributed by atoms with Gasteiger partial charge >= 0.3 is 0 Å². The van der Waals surface area contributed by atoms with E-state index in [0.717, 1.165) is 5.56 Å². The zero-order chi connectivity index (χ0) is 20.1. The van der Waals surface area contributed by atoms with Crippen LogP contribution in [0.1, 0.15) is 15.9 Å². The number of carbonyl (C=O) groups is 1. The molecule has 3 rings (SSSR count). The Labute approximate surface area is 210 Å². The number of halogens is 1. The molecular weight excluding hydrogens is 627 g/mol. The summed E-state index contributed by atoms with van der Waals surface area (Å²) in [5, 5.41) is 10.4. The quantitative estimate of drug-likeness (QED) is 0.413. The predicted octanol–water partition coefficient (Wildman–Crippen LogP) is 4.91. The van der Waals surface area contributed by atoms with Crippen LogP contribution in [-0.4, -0.2) is 14.3 Å². The first kappa shape index (κ1) is 23.8. The summed E-state index contributed by atoms with van der Waals surface area (Å²) in [7, 11) is -4.21. The fourth-order valence-corrected chi connectivity index (χ4v) is 3.27. The number of anilines is 1. The molecule has 0 bridgehead atoms. The Kier molecular flexibility index (Phi) is 8.68. The van der Waals surface area contributed by atoms with Crippen molar-refractivity contribution in [2.45, 2.75) is 11.5 Å². The van der Waals surface area contributed by atoms with Crippen LogP contribution < -0.4 is 10.1 Å². The van der Waals surface area contributed by atoms with Crippen LogP contribution in [0.2, 0.25) is 5.02 Å². The van der Waals surface area contributed by atoms with Crippen molar-refractivity contribution in [2.75, 3.05) is 5.32 Å². The van der Waals surface area contributed by atoms with Crippen molar-refractivity contribution in [3.63, 3.8) is 0 Å². The van der Waals surface area contributed by atoms with Crippen molar-refractivity contribution in [1.29, 1.82) is 0 Å². The van der Waals surface area contributed by atoms with Crippen molar-refractivity contribution in [3.05, 3.63) is 94.1 Å². The third kappa shape index (κ3) is 6.80. The van der Waals surface area contributed by atoms with E-state index in [9.17, 15) is 13.2 Å². The first-order valence-electron chi connectivity index (χ1n) is 8.20. The molecule has 2 N–H and O–H groups in total. The van der Waals surface area contributed by atoms with Gasteiger partial charge in [0.15, 0.2) is 0 Å². The van der Waals surface area contributed by atoms with E-state index in [0.29, 0.717) is 22.9 Å². The molecule has 9 heteroatoms. The Bertz CT molecular complexity index is 1110. The van der Waals surface area contributed by atoms with Crippen molar-refractivity contribution in [2.24, 2.45) is 0 Å². The maximum atomic E-state index is 12.5. The zero-order valence-corrected chi connectivity index (χ0v) is 21.4. The molecule has 0 atom stereocenters. The van der Waals surface area contributed by atoms with Gasteiger partial charge in [0, 0.05) is 54.6 Å². The van der Waals surface area contributed by atoms with Gasteiger partial charge in [-0.15, -0.1) is 0 Å². The minimum absolute atomic E-state index is 0. The molecule has 0 aromatic heterocycles. The van der Waals surface area contributed by atoms with E-state index in [-0.39, 0.29) is 54.6 Å². The normalized spacial score (nSPS) is 10.7. The number of carbonyl (C=O) groups excluding carboxylic acids is 1. The Hall–Kier alpha value is -1.43. The number of hydrogen-bond donors (Lipinski definition) is 1. The maximum absolute atomic E-state index is 12.5. The topological polar surface area (TPSA) is 96.3 Å². The number of hydrogen-bond acceptors (Lipinski definition) is 4. The van der Waals surface area contributed by atoms with Gasteiger partial charge < -0.3 is 15.2 Å². The Morgan fingerprint density at radius 1 is 1.00 bits per heavy atom. The number of para-hydroxylation sites is 1. The molecule has 0 unspecified atom stereocenters. The van der Waals surface area contributed by atoms with Gasteiger partial charge in [-0.1, -0.05) is 41.9 Å². The van der Waals surface area contributed by atoms with E-state index in [1.165, 1.54) is 18.2 Å². The summed E-state index contributed by atoms with van der Waals surface area (Å²) in [6.45, 7) is 0.308. The molecule has 29 heavy (non-hydrogen) atoms. The Morgan fingerprint density at radius 2 is 1.69 bits per heavy atom. The number of amides is 1. The van der Waals surface area contributed by atoms with Crippen molar-refractivity contribution in [1.82, 2.24) is 0 Å². The molecule has 3 aromatic rings. The van der Waals surface area contributed by atoms with E-state index < -0.39 is 15.9 Å². The van der Waals surface area contributed by atoms with E-state index in [1.807, 2.05) is 12.1 Å². The summed E-state index contributed by atoms with van der Waals surface area (Å²) in [5.41, 5.74) is 1.27. The first-order chi connectivity index (χ1) is 13.3. The number of rotatable bonds is 6. The molecule has 3 aromatic carbocycles. The van der Waals surface area contributed by atoms with Gasteiger partial charge in [-0.25, -0.2) is 8.42 Å². The third-order valence-corrected chi connectivity index (χ3v) is 5.03. The number of sulfonamides is 1. The summed E-state index contributed by atoms with van der Waals surface area (Å²) >= 11 is 5.86. The Morgan fingerprint density at radius 3 is 2.38 bits per heavy atom. The van der Waals surface area contributed by atoms with E-state index in [4.69, 9.17) is 21.5 Å². The van der Waals surface area contributed by atoms with Crippen molar-refractivity contribution < 1.29 is 62.0 Å². The van der Waals surface area contributed by atoms with E-state index in [1.54, 1.807) is 42.5 Å². The van der Waals surface area contributed by atoms with Crippen molar-refractivity contribution >= 4 is 33.2 Å². The summed E-state index contributed by atoms with van der Waals surface area (Å²) < 4.78 is 28.8. The molecule has 147 valence electrons. The van der Waals surface area contributed by atoms with Gasteiger partial charge in [-0.3, -0.25) is 4.79 Å². The molecule has 0 aliphatic carbocycles. The summed E-state index contributed by atoms with van der Waals surface area (Å²) in [6, 6.07) is 19.5. The van der Waals surface area contributed by atoms with Crippen LogP contribution in [-0.2, 0) is 16.6 Å². The molecule has 0 spiro atoms. The summed E-state index contributed by atoms with van der Waals surface area (Å²) in [5.74, 6) is -0.0166. The largest absolute Gasteiger partial charge is 0.560 e. The van der Waals surface area contributed by atoms with Gasteiger partial charge in [0.1, 0.15) is 22.4 Å². The number of nitrogens with one attached hydrogen (secondary N) is 2. The minimum atomic E-state index is -4.21. The van der Waals surface area contributed by atoms with Crippen LogP contribution in [0.3, 0.4) is 0 Å². The van der Waals surface area contributed by atoms with Crippen LogP contribution in [0.5, 0.6) is 5.75 Å². The molecule has 0 saturated heterocycles. The number of benzene rings is 3. The third-order valence-electron chi connectivity index (χ3n) is 3.84. The van der Waals surface area contributed by atoms with E-state index in [2.05, 4.69) is 5.32 Å².